The number of aryl methyl sites for hydroxylation is 1. The zero-order valence-electron chi connectivity index (χ0n) is 21.4. The van der Waals surface area contributed by atoms with E-state index in [2.05, 4.69) is 44.3 Å². The molecule has 1 aliphatic rings. The Labute approximate surface area is 221 Å². The number of amides is 1. The monoisotopic (exact) mass is 509 g/mol. The average molecular weight is 510 g/mol. The first kappa shape index (κ1) is 24.9. The van der Waals surface area contributed by atoms with Crippen LogP contribution in [0.4, 0.5) is 11.4 Å². The molecule has 0 saturated carbocycles. The van der Waals surface area contributed by atoms with Crippen LogP contribution in [0.25, 0.3) is 16.3 Å². The number of nitrogens with zero attached hydrogens (tertiary/aromatic N) is 1. The zero-order chi connectivity index (χ0) is 26.1. The second-order valence-electron chi connectivity index (χ2n) is 10.2. The van der Waals surface area contributed by atoms with Crippen LogP contribution in [0.5, 0.6) is 0 Å². The maximum atomic E-state index is 13.0. The van der Waals surface area contributed by atoms with E-state index >= 15 is 0 Å². The van der Waals surface area contributed by atoms with Crippen LogP contribution in [0.15, 0.2) is 60.7 Å². The third-order valence-electron chi connectivity index (χ3n) is 7.00. The van der Waals surface area contributed by atoms with E-state index in [1.165, 1.54) is 22.5 Å². The van der Waals surface area contributed by atoms with Crippen LogP contribution in [-0.2, 0) is 12.8 Å². The second kappa shape index (κ2) is 10.3. The van der Waals surface area contributed by atoms with Crippen molar-refractivity contribution in [3.8, 4) is 0 Å². The van der Waals surface area contributed by atoms with E-state index in [4.69, 9.17) is 10.7 Å². The van der Waals surface area contributed by atoms with E-state index in [9.17, 15) is 9.59 Å². The average Bonchev–Trinajstić information content (AvgIpc) is 3.22. The van der Waals surface area contributed by atoms with Crippen molar-refractivity contribution < 1.29 is 9.59 Å². The van der Waals surface area contributed by atoms with Crippen LogP contribution in [0, 0.1) is 5.92 Å². The number of carbonyl (C=O) groups is 2. The number of thiophene rings is 1. The van der Waals surface area contributed by atoms with E-state index in [1.54, 1.807) is 30.3 Å². The molecular weight excluding hydrogens is 478 g/mol. The number of hydrogen-bond donors (Lipinski definition) is 2. The van der Waals surface area contributed by atoms with Crippen LogP contribution >= 0.6 is 11.3 Å². The molecule has 6 heteroatoms. The van der Waals surface area contributed by atoms with Gasteiger partial charge in [-0.2, -0.15) is 0 Å². The van der Waals surface area contributed by atoms with E-state index in [0.29, 0.717) is 33.7 Å². The molecule has 0 radical (unpaired) electrons. The fraction of sp³-hybridized carbons (Fsp3) is 0.258. The van der Waals surface area contributed by atoms with Crippen LogP contribution in [0.1, 0.15) is 75.5 Å². The van der Waals surface area contributed by atoms with Crippen molar-refractivity contribution >= 4 is 50.7 Å². The van der Waals surface area contributed by atoms with Gasteiger partial charge < -0.3 is 11.1 Å². The van der Waals surface area contributed by atoms with Gasteiger partial charge in [0, 0.05) is 22.3 Å². The number of fused-ring (bicyclic) bond motifs is 2. The third kappa shape index (κ3) is 5.35. The Balaban J connectivity index is 1.27. The number of anilines is 2. The first-order valence-electron chi connectivity index (χ1n) is 12.7. The van der Waals surface area contributed by atoms with E-state index in [-0.39, 0.29) is 11.7 Å². The lowest BCUT2D eigenvalue weighted by molar-refractivity contribution is 0.102. The van der Waals surface area contributed by atoms with Crippen molar-refractivity contribution in [2.24, 2.45) is 5.92 Å². The molecule has 2 heterocycles. The van der Waals surface area contributed by atoms with Gasteiger partial charge in [0.15, 0.2) is 5.78 Å². The predicted octanol–water partition coefficient (Wildman–Crippen LogP) is 7.28. The first-order chi connectivity index (χ1) is 17.8. The lowest BCUT2D eigenvalue weighted by Crippen LogP contribution is -2.13. The summed E-state index contributed by atoms with van der Waals surface area (Å²) in [4.78, 5) is 31.7. The summed E-state index contributed by atoms with van der Waals surface area (Å²) in [5.74, 6) is 0.746. The number of hydrogen-bond acceptors (Lipinski definition) is 5. The maximum absolute atomic E-state index is 13.0. The molecule has 5 rings (SSSR count). The number of nitrogens with one attached hydrogen (secondary N) is 1. The molecule has 0 bridgehead atoms. The Morgan fingerprint density at radius 3 is 2.54 bits per heavy atom. The highest BCUT2D eigenvalue weighted by atomic mass is 32.1. The van der Waals surface area contributed by atoms with Crippen LogP contribution in [-0.4, -0.2) is 16.7 Å². The van der Waals surface area contributed by atoms with Crippen LogP contribution in [0.2, 0.25) is 0 Å². The van der Waals surface area contributed by atoms with Gasteiger partial charge in [-0.05, 0) is 84.2 Å². The normalized spacial score (nSPS) is 15.3. The van der Waals surface area contributed by atoms with Crippen molar-refractivity contribution in [3.05, 3.63) is 93.5 Å². The van der Waals surface area contributed by atoms with E-state index in [1.807, 2.05) is 18.2 Å². The molecule has 188 valence electrons. The molecule has 2 aromatic heterocycles. The number of rotatable bonds is 6. The van der Waals surface area contributed by atoms with Gasteiger partial charge in [0.1, 0.15) is 9.71 Å². The molecule has 0 fully saturated rings. The van der Waals surface area contributed by atoms with Gasteiger partial charge in [0.05, 0.1) is 5.69 Å². The first-order valence-corrected chi connectivity index (χ1v) is 13.5. The minimum absolute atomic E-state index is 0.0936. The van der Waals surface area contributed by atoms with Gasteiger partial charge in [-0.3, -0.25) is 9.59 Å². The minimum Gasteiger partial charge on any atom is -0.397 e. The van der Waals surface area contributed by atoms with Crippen molar-refractivity contribution in [2.45, 2.75) is 46.0 Å². The third-order valence-corrected chi connectivity index (χ3v) is 8.11. The minimum atomic E-state index is -0.268. The lowest BCUT2D eigenvalue weighted by Gasteiger charge is -2.20. The Kier molecular flexibility index (Phi) is 6.94. The number of benzene rings is 2. The van der Waals surface area contributed by atoms with Crippen LogP contribution < -0.4 is 11.1 Å². The molecule has 1 amide bonds. The number of nitrogen functional groups attached to an aromatic ring is 1. The van der Waals surface area contributed by atoms with Gasteiger partial charge in [0.25, 0.3) is 5.91 Å². The second-order valence-corrected chi connectivity index (χ2v) is 11.2. The van der Waals surface area contributed by atoms with Gasteiger partial charge in [-0.1, -0.05) is 51.1 Å². The standard InChI is InChI=1S/C31H31N3O2S/c1-18(2)21-8-5-20(6-9-21)7-15-27(35)22-10-12-24(13-11-22)33-30(36)29-28(32)25-17-23-16-19(3)4-14-26(23)34-31(25)37-29/h5-13,15,17-19H,4,14,16,32H2,1-3H3,(H,33,36)/b15-7+/t19-/m0/s1. The van der Waals surface area contributed by atoms with Gasteiger partial charge in [-0.15, -0.1) is 11.3 Å². The quantitative estimate of drug-likeness (QED) is 0.211. The maximum Gasteiger partial charge on any atom is 0.267 e. The Morgan fingerprint density at radius 1 is 1.11 bits per heavy atom. The molecule has 37 heavy (non-hydrogen) atoms. The summed E-state index contributed by atoms with van der Waals surface area (Å²) in [6, 6.07) is 17.2. The highest BCUT2D eigenvalue weighted by Gasteiger charge is 2.22. The summed E-state index contributed by atoms with van der Waals surface area (Å²) in [5.41, 5.74) is 12.6. The Morgan fingerprint density at radius 2 is 1.84 bits per heavy atom. The van der Waals surface area contributed by atoms with Crippen molar-refractivity contribution in [2.75, 3.05) is 11.1 Å². The molecule has 2 aromatic carbocycles. The largest absolute Gasteiger partial charge is 0.397 e. The fourth-order valence-electron chi connectivity index (χ4n) is 4.71. The smallest absolute Gasteiger partial charge is 0.267 e. The number of ketones is 1. The molecular formula is C31H31N3O2S. The summed E-state index contributed by atoms with van der Waals surface area (Å²) in [5, 5.41) is 3.77. The molecule has 0 aliphatic heterocycles. The molecule has 4 aromatic rings. The Bertz CT molecular complexity index is 1500. The van der Waals surface area contributed by atoms with Crippen molar-refractivity contribution in [3.63, 3.8) is 0 Å². The number of nitrogens with two attached hydrogens (primary N) is 1. The summed E-state index contributed by atoms with van der Waals surface area (Å²) < 4.78 is 0. The summed E-state index contributed by atoms with van der Waals surface area (Å²) in [6.45, 7) is 6.56. The number of carbonyl (C=O) groups excluding carboxylic acids is 2. The van der Waals surface area contributed by atoms with E-state index < -0.39 is 0 Å². The van der Waals surface area contributed by atoms with Gasteiger partial charge >= 0.3 is 0 Å². The molecule has 0 saturated heterocycles. The SMILES string of the molecule is CC(C)c1ccc(/C=C/C(=O)c2ccc(NC(=O)c3sc4nc5c(cc4c3N)C[C@@H](C)CC5)cc2)cc1. The van der Waals surface area contributed by atoms with Gasteiger partial charge in [0.2, 0.25) is 0 Å². The lowest BCUT2D eigenvalue weighted by atomic mass is 9.87. The highest BCUT2D eigenvalue weighted by Crippen LogP contribution is 2.36. The summed E-state index contributed by atoms with van der Waals surface area (Å²) in [6.07, 6.45) is 6.50. The molecule has 1 aliphatic carbocycles. The van der Waals surface area contributed by atoms with Crippen LogP contribution in [0.3, 0.4) is 0 Å². The predicted molar refractivity (Wildman–Crippen MR) is 154 cm³/mol. The fourth-order valence-corrected chi connectivity index (χ4v) is 5.70. The molecule has 3 N–H and O–H groups in total. The number of allylic oxidation sites excluding steroid dienone is 1. The Hall–Kier alpha value is -3.77. The van der Waals surface area contributed by atoms with E-state index in [0.717, 1.165) is 40.7 Å². The highest BCUT2D eigenvalue weighted by molar-refractivity contribution is 7.21. The molecule has 1 atom stereocenters. The molecule has 0 spiro atoms. The van der Waals surface area contributed by atoms with Gasteiger partial charge in [-0.25, -0.2) is 4.98 Å². The number of aromatic nitrogens is 1. The summed E-state index contributed by atoms with van der Waals surface area (Å²) in [7, 11) is 0. The topological polar surface area (TPSA) is 85.1 Å². The van der Waals surface area contributed by atoms with Crippen molar-refractivity contribution in [1.82, 2.24) is 4.98 Å². The van der Waals surface area contributed by atoms with Crippen molar-refractivity contribution in [1.29, 1.82) is 0 Å². The molecule has 5 nitrogen and oxygen atoms in total. The zero-order valence-corrected chi connectivity index (χ0v) is 22.2. The molecule has 0 unspecified atom stereocenters. The summed E-state index contributed by atoms with van der Waals surface area (Å²) >= 11 is 1.33. The number of pyridine rings is 1.